The maximum Gasteiger partial charge on any atom is 0.268 e. The van der Waals surface area contributed by atoms with Crippen molar-refractivity contribution in [2.45, 2.75) is 26.1 Å². The summed E-state index contributed by atoms with van der Waals surface area (Å²) in [6.07, 6.45) is -0.679. The summed E-state index contributed by atoms with van der Waals surface area (Å²) in [6, 6.07) is 0. The second-order valence-electron chi connectivity index (χ2n) is 2.07. The Hall–Kier alpha value is 0.110. The van der Waals surface area contributed by atoms with E-state index in [0.717, 1.165) is 0 Å². The Morgan fingerprint density at radius 3 is 1.78 bits per heavy atom. The summed E-state index contributed by atoms with van der Waals surface area (Å²) in [5.41, 5.74) is 0. The number of hydrogen-bond donors (Lipinski definition) is 0. The lowest BCUT2D eigenvalue weighted by molar-refractivity contribution is -0.215. The molecule has 0 aromatic carbocycles. The van der Waals surface area contributed by atoms with Crippen LogP contribution in [0.5, 0.6) is 0 Å². The van der Waals surface area contributed by atoms with Crippen LogP contribution in [0.2, 0.25) is 0 Å². The van der Waals surface area contributed by atoms with Crippen LogP contribution in [0.1, 0.15) is 13.8 Å². The lowest BCUT2D eigenvalue weighted by atomic mass is 10.3. The molecular formula is C4H8O4P-. The molecule has 0 aliphatic carbocycles. The summed E-state index contributed by atoms with van der Waals surface area (Å²) in [7, 11) is -3.91. The van der Waals surface area contributed by atoms with E-state index >= 15 is 0 Å². The highest BCUT2D eigenvalue weighted by Crippen LogP contribution is 2.48. The first-order valence-electron chi connectivity index (χ1n) is 2.69. The van der Waals surface area contributed by atoms with E-state index < -0.39 is 7.82 Å². The molecule has 1 aliphatic rings. The smallest absolute Gasteiger partial charge is 0.268 e. The van der Waals surface area contributed by atoms with Crippen molar-refractivity contribution < 1.29 is 18.5 Å². The van der Waals surface area contributed by atoms with Gasteiger partial charge in [-0.05, 0) is 13.8 Å². The number of phosphoric ester groups is 1. The minimum absolute atomic E-state index is 0.340. The number of phosphoric acid groups is 1. The largest absolute Gasteiger partial charge is 0.756 e. The molecule has 0 N–H and O–H groups in total. The Balaban J connectivity index is 2.65. The zero-order chi connectivity index (χ0) is 7.07. The molecule has 2 unspecified atom stereocenters. The van der Waals surface area contributed by atoms with E-state index in [-0.39, 0.29) is 12.2 Å². The van der Waals surface area contributed by atoms with Gasteiger partial charge >= 0.3 is 0 Å². The molecule has 0 aromatic heterocycles. The van der Waals surface area contributed by atoms with Gasteiger partial charge in [-0.3, -0.25) is 4.57 Å². The average Bonchev–Trinajstić information content (AvgIpc) is 1.79. The summed E-state index contributed by atoms with van der Waals surface area (Å²) in [5, 5.41) is 0. The van der Waals surface area contributed by atoms with Gasteiger partial charge in [0.15, 0.2) is 0 Å². The van der Waals surface area contributed by atoms with Crippen LogP contribution in [0.3, 0.4) is 0 Å². The van der Waals surface area contributed by atoms with E-state index in [0.29, 0.717) is 0 Å². The van der Waals surface area contributed by atoms with Gasteiger partial charge in [0.1, 0.15) is 0 Å². The van der Waals surface area contributed by atoms with E-state index in [9.17, 15) is 9.46 Å². The maximum absolute atomic E-state index is 10.4. The van der Waals surface area contributed by atoms with Gasteiger partial charge in [0, 0.05) is 0 Å². The molecule has 0 spiro atoms. The van der Waals surface area contributed by atoms with Gasteiger partial charge in [0.25, 0.3) is 7.82 Å². The molecule has 1 saturated heterocycles. The highest BCUT2D eigenvalue weighted by atomic mass is 31.2. The molecule has 4 nitrogen and oxygen atoms in total. The van der Waals surface area contributed by atoms with Crippen molar-refractivity contribution in [2.75, 3.05) is 0 Å². The molecule has 1 fully saturated rings. The van der Waals surface area contributed by atoms with Crippen molar-refractivity contribution in [3.8, 4) is 0 Å². The average molecular weight is 151 g/mol. The first-order valence-corrected chi connectivity index (χ1v) is 4.15. The van der Waals surface area contributed by atoms with E-state index in [1.807, 2.05) is 0 Å². The van der Waals surface area contributed by atoms with Gasteiger partial charge in [-0.1, -0.05) is 0 Å². The third-order valence-corrected chi connectivity index (χ3v) is 2.43. The van der Waals surface area contributed by atoms with Crippen LogP contribution < -0.4 is 4.89 Å². The molecule has 0 aromatic rings. The zero-order valence-electron chi connectivity index (χ0n) is 5.23. The third kappa shape index (κ3) is 1.52. The van der Waals surface area contributed by atoms with Crippen LogP contribution in [-0.4, -0.2) is 12.2 Å². The summed E-state index contributed by atoms with van der Waals surface area (Å²) < 4.78 is 19.3. The van der Waals surface area contributed by atoms with Crippen LogP contribution in [0, 0.1) is 0 Å². The van der Waals surface area contributed by atoms with Crippen LogP contribution in [-0.2, 0) is 13.6 Å². The SMILES string of the molecule is CC1OP(=O)([O-])OC1C. The second-order valence-corrected chi connectivity index (χ2v) is 3.38. The van der Waals surface area contributed by atoms with Crippen molar-refractivity contribution in [3.63, 3.8) is 0 Å². The molecular weight excluding hydrogens is 143 g/mol. The first kappa shape index (κ1) is 7.22. The number of rotatable bonds is 0. The highest BCUT2D eigenvalue weighted by molar-refractivity contribution is 7.46. The summed E-state index contributed by atoms with van der Waals surface area (Å²) in [6.45, 7) is 3.31. The Labute approximate surface area is 53.4 Å². The molecule has 1 rings (SSSR count). The van der Waals surface area contributed by atoms with Crippen molar-refractivity contribution in [3.05, 3.63) is 0 Å². The molecule has 54 valence electrons. The van der Waals surface area contributed by atoms with E-state index in [4.69, 9.17) is 0 Å². The Bertz CT molecular complexity index is 143. The van der Waals surface area contributed by atoms with Crippen LogP contribution in [0.15, 0.2) is 0 Å². The highest BCUT2D eigenvalue weighted by Gasteiger charge is 2.30. The summed E-state index contributed by atoms with van der Waals surface area (Å²) in [5.74, 6) is 0. The van der Waals surface area contributed by atoms with Crippen molar-refractivity contribution in [2.24, 2.45) is 0 Å². The Morgan fingerprint density at radius 2 is 1.67 bits per heavy atom. The number of hydrogen-bond acceptors (Lipinski definition) is 4. The fourth-order valence-electron chi connectivity index (χ4n) is 0.604. The van der Waals surface area contributed by atoms with Crippen molar-refractivity contribution in [1.82, 2.24) is 0 Å². The molecule has 1 aliphatic heterocycles. The predicted octanol–water partition coefficient (Wildman–Crippen LogP) is 0.279. The van der Waals surface area contributed by atoms with Crippen molar-refractivity contribution >= 4 is 7.82 Å². The molecule has 9 heavy (non-hydrogen) atoms. The van der Waals surface area contributed by atoms with Gasteiger partial charge < -0.3 is 13.9 Å². The van der Waals surface area contributed by atoms with Gasteiger partial charge in [0.2, 0.25) is 0 Å². The molecule has 0 bridgehead atoms. The van der Waals surface area contributed by atoms with Gasteiger partial charge in [-0.25, -0.2) is 0 Å². The molecule has 0 radical (unpaired) electrons. The fourth-order valence-corrected chi connectivity index (χ4v) is 1.81. The molecule has 0 saturated carbocycles. The van der Waals surface area contributed by atoms with E-state index in [1.165, 1.54) is 0 Å². The summed E-state index contributed by atoms with van der Waals surface area (Å²) >= 11 is 0. The minimum Gasteiger partial charge on any atom is -0.756 e. The second kappa shape index (κ2) is 2.06. The molecule has 0 amide bonds. The van der Waals surface area contributed by atoms with E-state index in [1.54, 1.807) is 13.8 Å². The lowest BCUT2D eigenvalue weighted by Crippen LogP contribution is -2.13. The fraction of sp³-hybridized carbons (Fsp3) is 1.00. The minimum atomic E-state index is -3.91. The standard InChI is InChI=1S/C4H9O4P/c1-3-4(2)8-9(5,6)7-3/h3-4H,1-2H3,(H,5,6)/p-1. The topological polar surface area (TPSA) is 58.6 Å². The monoisotopic (exact) mass is 151 g/mol. The van der Waals surface area contributed by atoms with Gasteiger partial charge in [-0.2, -0.15) is 0 Å². The predicted molar refractivity (Wildman–Crippen MR) is 28.7 cm³/mol. The molecule has 2 atom stereocenters. The van der Waals surface area contributed by atoms with Crippen LogP contribution in [0.25, 0.3) is 0 Å². The third-order valence-electron chi connectivity index (χ3n) is 1.25. The van der Waals surface area contributed by atoms with Gasteiger partial charge in [0.05, 0.1) is 12.2 Å². The van der Waals surface area contributed by atoms with E-state index in [2.05, 4.69) is 9.05 Å². The Morgan fingerprint density at radius 1 is 1.33 bits per heavy atom. The molecule has 1 heterocycles. The first-order chi connectivity index (χ1) is 4.01. The van der Waals surface area contributed by atoms with Crippen LogP contribution >= 0.6 is 7.82 Å². The van der Waals surface area contributed by atoms with Gasteiger partial charge in [-0.15, -0.1) is 0 Å². The zero-order valence-corrected chi connectivity index (χ0v) is 6.13. The normalized spacial score (nSPS) is 51.9. The Kier molecular flexibility index (Phi) is 1.65. The van der Waals surface area contributed by atoms with Crippen LogP contribution in [0.4, 0.5) is 0 Å². The molecule has 5 heteroatoms. The lowest BCUT2D eigenvalue weighted by Gasteiger charge is -2.12. The quantitative estimate of drug-likeness (QED) is 0.466. The maximum atomic E-state index is 10.4. The van der Waals surface area contributed by atoms with Crippen molar-refractivity contribution in [1.29, 1.82) is 0 Å². The summed E-state index contributed by atoms with van der Waals surface area (Å²) in [4.78, 5) is 10.4.